The largest absolute Gasteiger partial charge is 0.356 e. The van der Waals surface area contributed by atoms with Gasteiger partial charge in [0, 0.05) is 55.6 Å². The van der Waals surface area contributed by atoms with E-state index in [2.05, 4.69) is 21.4 Å². The number of rotatable bonds is 6. The van der Waals surface area contributed by atoms with Crippen molar-refractivity contribution in [3.8, 4) is 0 Å². The number of nitrogens with zero attached hydrogens (tertiary/aromatic N) is 4. The van der Waals surface area contributed by atoms with E-state index in [1.54, 1.807) is 12.5 Å². The number of carbonyl (C=O) groups excluding carboxylic acids is 2. The molecule has 7 heteroatoms. The molecule has 7 nitrogen and oxygen atoms in total. The van der Waals surface area contributed by atoms with E-state index in [0.29, 0.717) is 19.6 Å². The highest BCUT2D eigenvalue weighted by Gasteiger charge is 2.58. The Balaban J connectivity index is 1.16. The summed E-state index contributed by atoms with van der Waals surface area (Å²) in [7, 11) is 0. The van der Waals surface area contributed by atoms with E-state index >= 15 is 0 Å². The van der Waals surface area contributed by atoms with Gasteiger partial charge >= 0.3 is 0 Å². The maximum Gasteiger partial charge on any atom is 0.254 e. The topological polar surface area (TPSA) is 80.1 Å². The van der Waals surface area contributed by atoms with Crippen LogP contribution in [0.25, 0.3) is 10.9 Å². The molecule has 2 aliphatic rings. The predicted molar refractivity (Wildman–Crippen MR) is 127 cm³/mol. The molecule has 1 saturated heterocycles. The lowest BCUT2D eigenvalue weighted by molar-refractivity contribution is -0.123. The van der Waals surface area contributed by atoms with Crippen molar-refractivity contribution in [3.63, 3.8) is 0 Å². The van der Waals surface area contributed by atoms with Crippen molar-refractivity contribution in [1.82, 2.24) is 24.8 Å². The molecule has 2 aromatic heterocycles. The minimum absolute atomic E-state index is 0.0760. The number of aryl methyl sites for hydroxylation is 3. The van der Waals surface area contributed by atoms with Gasteiger partial charge in [-0.2, -0.15) is 0 Å². The highest BCUT2D eigenvalue weighted by atomic mass is 16.2. The van der Waals surface area contributed by atoms with Crippen LogP contribution in [0.3, 0.4) is 0 Å². The second kappa shape index (κ2) is 8.61. The normalized spacial score (nSPS) is 19.1. The minimum Gasteiger partial charge on any atom is -0.356 e. The first-order chi connectivity index (χ1) is 15.9. The minimum atomic E-state index is 0.0760. The van der Waals surface area contributed by atoms with Crippen LogP contribution in [0, 0.1) is 25.2 Å². The van der Waals surface area contributed by atoms with Crippen molar-refractivity contribution in [2.45, 2.75) is 46.1 Å². The Hall–Kier alpha value is -3.22. The first-order valence-corrected chi connectivity index (χ1v) is 11.9. The molecule has 0 unspecified atom stereocenters. The lowest BCUT2D eigenvalue weighted by Crippen LogP contribution is -2.40. The van der Waals surface area contributed by atoms with Gasteiger partial charge in [-0.15, -0.1) is 0 Å². The van der Waals surface area contributed by atoms with Gasteiger partial charge in [0.2, 0.25) is 5.91 Å². The summed E-state index contributed by atoms with van der Waals surface area (Å²) in [6.07, 6.45) is 9.12. The lowest BCUT2D eigenvalue weighted by Gasteiger charge is -2.33. The molecule has 3 heterocycles. The van der Waals surface area contributed by atoms with E-state index in [1.165, 1.54) is 0 Å². The van der Waals surface area contributed by atoms with Crippen LogP contribution in [0.5, 0.6) is 0 Å². The van der Waals surface area contributed by atoms with E-state index < -0.39 is 0 Å². The maximum atomic E-state index is 13.4. The number of imidazole rings is 1. The first kappa shape index (κ1) is 21.6. The number of piperidine rings is 1. The zero-order valence-electron chi connectivity index (χ0n) is 19.4. The van der Waals surface area contributed by atoms with Crippen molar-refractivity contribution in [2.24, 2.45) is 11.3 Å². The molecule has 1 aromatic carbocycles. The third-order valence-electron chi connectivity index (χ3n) is 7.33. The van der Waals surface area contributed by atoms with Gasteiger partial charge in [0.1, 0.15) is 0 Å². The van der Waals surface area contributed by atoms with Crippen LogP contribution in [0.4, 0.5) is 0 Å². The summed E-state index contributed by atoms with van der Waals surface area (Å²) in [5, 5.41) is 4.03. The molecule has 1 aliphatic carbocycles. The number of aromatic nitrogens is 3. The van der Waals surface area contributed by atoms with E-state index in [-0.39, 0.29) is 23.1 Å². The molecule has 1 atom stereocenters. The van der Waals surface area contributed by atoms with E-state index in [4.69, 9.17) is 0 Å². The number of fused-ring (bicyclic) bond motifs is 1. The molecule has 2 amide bonds. The van der Waals surface area contributed by atoms with Gasteiger partial charge in [0.25, 0.3) is 5.91 Å². The standard InChI is InChI=1S/C26H31N5O2/c1-18-4-5-23-20(14-18)21(15-19(2)29-23)25(33)31-11-6-26(7-12-31)16-22(26)24(32)28-8-3-10-30-13-9-27-17-30/h4-5,9,13-15,17,22H,3,6-8,10-12,16H2,1-2H3,(H,28,32)/t22-/m1/s1. The second-order valence-corrected chi connectivity index (χ2v) is 9.69. The SMILES string of the molecule is Cc1ccc2nc(C)cc(C(=O)N3CCC4(CC3)C[C@@H]4C(=O)NCCCn3ccnc3)c2c1. The van der Waals surface area contributed by atoms with Gasteiger partial charge < -0.3 is 14.8 Å². The molecular weight excluding hydrogens is 414 g/mol. The van der Waals surface area contributed by atoms with E-state index in [0.717, 1.165) is 60.0 Å². The summed E-state index contributed by atoms with van der Waals surface area (Å²) in [4.78, 5) is 36.7. The highest BCUT2D eigenvalue weighted by Crippen LogP contribution is 2.59. The fourth-order valence-corrected chi connectivity index (χ4v) is 5.26. The zero-order valence-corrected chi connectivity index (χ0v) is 19.4. The van der Waals surface area contributed by atoms with Crippen LogP contribution in [0.1, 0.15) is 47.3 Å². The lowest BCUT2D eigenvalue weighted by atomic mass is 9.90. The van der Waals surface area contributed by atoms with E-state index in [9.17, 15) is 9.59 Å². The first-order valence-electron chi connectivity index (χ1n) is 11.9. The molecule has 5 rings (SSSR count). The van der Waals surface area contributed by atoms with Gasteiger partial charge in [0.05, 0.1) is 17.4 Å². The predicted octanol–water partition coefficient (Wildman–Crippen LogP) is 3.50. The quantitative estimate of drug-likeness (QED) is 0.589. The Kier molecular flexibility index (Phi) is 5.64. The Morgan fingerprint density at radius 3 is 2.76 bits per heavy atom. The fraction of sp³-hybridized carbons (Fsp3) is 0.462. The highest BCUT2D eigenvalue weighted by molar-refractivity contribution is 6.06. The zero-order chi connectivity index (χ0) is 23.0. The monoisotopic (exact) mass is 445 g/mol. The van der Waals surface area contributed by atoms with Crippen molar-refractivity contribution in [2.75, 3.05) is 19.6 Å². The van der Waals surface area contributed by atoms with Gasteiger partial charge in [-0.1, -0.05) is 11.6 Å². The number of hydrogen-bond donors (Lipinski definition) is 1. The summed E-state index contributed by atoms with van der Waals surface area (Å²) >= 11 is 0. The van der Waals surface area contributed by atoms with Crippen molar-refractivity contribution < 1.29 is 9.59 Å². The number of likely N-dealkylation sites (tertiary alicyclic amines) is 1. The van der Waals surface area contributed by atoms with Crippen LogP contribution < -0.4 is 5.32 Å². The molecule has 1 N–H and O–H groups in total. The third kappa shape index (κ3) is 4.36. The van der Waals surface area contributed by atoms with Crippen LogP contribution in [0.2, 0.25) is 0 Å². The van der Waals surface area contributed by atoms with E-state index in [1.807, 2.05) is 47.7 Å². The number of amides is 2. The average Bonchev–Trinajstić information content (AvgIpc) is 3.24. The van der Waals surface area contributed by atoms with Gasteiger partial charge in [-0.3, -0.25) is 14.6 Å². The van der Waals surface area contributed by atoms with Crippen molar-refractivity contribution in [1.29, 1.82) is 0 Å². The average molecular weight is 446 g/mol. The number of hydrogen-bond acceptors (Lipinski definition) is 4. The number of carbonyl (C=O) groups is 2. The summed E-state index contributed by atoms with van der Waals surface area (Å²) in [6.45, 7) is 6.92. The van der Waals surface area contributed by atoms with Crippen molar-refractivity contribution in [3.05, 3.63) is 59.8 Å². The molecule has 3 aromatic rings. The molecule has 1 spiro atoms. The molecule has 0 bridgehead atoms. The maximum absolute atomic E-state index is 13.4. The fourth-order valence-electron chi connectivity index (χ4n) is 5.26. The summed E-state index contributed by atoms with van der Waals surface area (Å²) < 4.78 is 2.02. The summed E-state index contributed by atoms with van der Waals surface area (Å²) in [6, 6.07) is 7.98. The Morgan fingerprint density at radius 1 is 1.18 bits per heavy atom. The van der Waals surface area contributed by atoms with Crippen LogP contribution in [-0.2, 0) is 11.3 Å². The Morgan fingerprint density at radius 2 is 2.00 bits per heavy atom. The van der Waals surface area contributed by atoms with Gasteiger partial charge in [0.15, 0.2) is 0 Å². The number of benzene rings is 1. The summed E-state index contributed by atoms with van der Waals surface area (Å²) in [5.41, 5.74) is 3.66. The molecule has 2 fully saturated rings. The second-order valence-electron chi connectivity index (χ2n) is 9.69. The van der Waals surface area contributed by atoms with Crippen LogP contribution in [-0.4, -0.2) is 50.9 Å². The molecule has 0 radical (unpaired) electrons. The molecule has 1 saturated carbocycles. The summed E-state index contributed by atoms with van der Waals surface area (Å²) in [5.74, 6) is 0.341. The molecule has 1 aliphatic heterocycles. The van der Waals surface area contributed by atoms with Crippen LogP contribution in [0.15, 0.2) is 43.0 Å². The molecular formula is C26H31N5O2. The number of nitrogens with one attached hydrogen (secondary N) is 1. The molecule has 172 valence electrons. The van der Waals surface area contributed by atoms with Gasteiger partial charge in [-0.05, 0) is 63.1 Å². The Bertz CT molecular complexity index is 1180. The number of pyridine rings is 1. The van der Waals surface area contributed by atoms with Gasteiger partial charge in [-0.25, -0.2) is 4.98 Å². The Labute approximate surface area is 194 Å². The smallest absolute Gasteiger partial charge is 0.254 e. The van der Waals surface area contributed by atoms with Crippen LogP contribution >= 0.6 is 0 Å². The van der Waals surface area contributed by atoms with Crippen molar-refractivity contribution >= 4 is 22.7 Å². The molecule has 33 heavy (non-hydrogen) atoms. The third-order valence-corrected chi connectivity index (χ3v) is 7.33.